The Morgan fingerprint density at radius 1 is 1.20 bits per heavy atom. The number of aryl methyl sites for hydroxylation is 1. The maximum atomic E-state index is 12.7. The Morgan fingerprint density at radius 2 is 2.00 bits per heavy atom. The molecule has 0 saturated carbocycles. The standard InChI is InChI=1S/C20H21N3O2/c1-12-13(2)25-19-14(12)7-6-8-15(19)20(24)21-11-18-22-16-9-4-5-10-17(16)23(18)3/h4-10,12-13H,11H2,1-3H3,(H,21,24). The van der Waals surface area contributed by atoms with Gasteiger partial charge in [-0.3, -0.25) is 4.79 Å². The minimum Gasteiger partial charge on any atom is -0.489 e. The van der Waals surface area contributed by atoms with Gasteiger partial charge in [0.05, 0.1) is 23.1 Å². The molecule has 2 heterocycles. The summed E-state index contributed by atoms with van der Waals surface area (Å²) in [5.74, 6) is 1.70. The number of hydrogen-bond donors (Lipinski definition) is 1. The molecule has 2 atom stereocenters. The van der Waals surface area contributed by atoms with Gasteiger partial charge in [0.1, 0.15) is 17.7 Å². The number of nitrogens with one attached hydrogen (secondary N) is 1. The molecule has 1 aliphatic heterocycles. The highest BCUT2D eigenvalue weighted by atomic mass is 16.5. The molecule has 1 N–H and O–H groups in total. The van der Waals surface area contributed by atoms with Gasteiger partial charge < -0.3 is 14.6 Å². The maximum absolute atomic E-state index is 12.7. The Labute approximate surface area is 146 Å². The number of nitrogens with zero attached hydrogens (tertiary/aromatic N) is 2. The highest BCUT2D eigenvalue weighted by Crippen LogP contribution is 2.40. The predicted molar refractivity (Wildman–Crippen MR) is 96.8 cm³/mol. The van der Waals surface area contributed by atoms with Crippen LogP contribution in [0.4, 0.5) is 0 Å². The number of fused-ring (bicyclic) bond motifs is 2. The SMILES string of the molecule is CC1Oc2c(C(=O)NCc3nc4ccccc4n3C)cccc2C1C. The lowest BCUT2D eigenvalue weighted by Crippen LogP contribution is -2.25. The number of carbonyl (C=O) groups is 1. The Hall–Kier alpha value is -2.82. The van der Waals surface area contributed by atoms with Gasteiger partial charge in [-0.05, 0) is 25.1 Å². The third-order valence-electron chi connectivity index (χ3n) is 5.08. The second kappa shape index (κ2) is 5.92. The topological polar surface area (TPSA) is 56.1 Å². The highest BCUT2D eigenvalue weighted by Gasteiger charge is 2.31. The summed E-state index contributed by atoms with van der Waals surface area (Å²) in [4.78, 5) is 17.3. The van der Waals surface area contributed by atoms with Crippen LogP contribution in [0.3, 0.4) is 0 Å². The zero-order valence-electron chi connectivity index (χ0n) is 14.6. The van der Waals surface area contributed by atoms with Crippen LogP contribution >= 0.6 is 0 Å². The molecule has 0 fully saturated rings. The Kier molecular flexibility index (Phi) is 3.71. The molecule has 0 aliphatic carbocycles. The molecule has 3 aromatic rings. The van der Waals surface area contributed by atoms with E-state index in [1.54, 1.807) is 0 Å². The number of aromatic nitrogens is 2. The number of imidazole rings is 1. The first-order chi connectivity index (χ1) is 12.1. The summed E-state index contributed by atoms with van der Waals surface area (Å²) < 4.78 is 7.92. The molecule has 1 amide bonds. The molecule has 1 aromatic heterocycles. The van der Waals surface area contributed by atoms with E-state index >= 15 is 0 Å². The van der Waals surface area contributed by atoms with Crippen LogP contribution in [0.1, 0.15) is 41.5 Å². The maximum Gasteiger partial charge on any atom is 0.255 e. The van der Waals surface area contributed by atoms with Gasteiger partial charge in [0, 0.05) is 18.5 Å². The number of para-hydroxylation sites is 3. The number of carbonyl (C=O) groups excluding carboxylic acids is 1. The number of benzene rings is 2. The number of rotatable bonds is 3. The van der Waals surface area contributed by atoms with Crippen LogP contribution in [0.25, 0.3) is 11.0 Å². The fraction of sp³-hybridized carbons (Fsp3) is 0.300. The van der Waals surface area contributed by atoms with Crippen molar-refractivity contribution in [3.05, 3.63) is 59.4 Å². The molecular formula is C20H21N3O2. The van der Waals surface area contributed by atoms with Crippen molar-refractivity contribution in [3.63, 3.8) is 0 Å². The van der Waals surface area contributed by atoms with E-state index in [0.717, 1.165) is 22.4 Å². The number of ether oxygens (including phenoxy) is 1. The fourth-order valence-electron chi connectivity index (χ4n) is 3.37. The second-order valence-electron chi connectivity index (χ2n) is 6.59. The van der Waals surface area contributed by atoms with Gasteiger partial charge in [-0.1, -0.05) is 31.2 Å². The van der Waals surface area contributed by atoms with E-state index in [4.69, 9.17) is 4.74 Å². The Balaban J connectivity index is 1.56. The lowest BCUT2D eigenvalue weighted by atomic mass is 9.97. The average molecular weight is 335 g/mol. The van der Waals surface area contributed by atoms with Crippen LogP contribution in [0.5, 0.6) is 5.75 Å². The number of hydrogen-bond acceptors (Lipinski definition) is 3. The molecular weight excluding hydrogens is 314 g/mol. The van der Waals surface area contributed by atoms with Gasteiger partial charge in [0.25, 0.3) is 5.91 Å². The first kappa shape index (κ1) is 15.7. The summed E-state index contributed by atoms with van der Waals surface area (Å²) in [6, 6.07) is 13.7. The summed E-state index contributed by atoms with van der Waals surface area (Å²) >= 11 is 0. The first-order valence-electron chi connectivity index (χ1n) is 8.54. The van der Waals surface area contributed by atoms with Crippen molar-refractivity contribution in [2.24, 2.45) is 7.05 Å². The van der Waals surface area contributed by atoms with Crippen LogP contribution in [0.15, 0.2) is 42.5 Å². The van der Waals surface area contributed by atoms with Crippen molar-refractivity contribution in [1.29, 1.82) is 0 Å². The van der Waals surface area contributed by atoms with Crippen LogP contribution in [0, 0.1) is 0 Å². The van der Waals surface area contributed by atoms with Gasteiger partial charge in [-0.15, -0.1) is 0 Å². The van der Waals surface area contributed by atoms with Gasteiger partial charge >= 0.3 is 0 Å². The van der Waals surface area contributed by atoms with E-state index in [9.17, 15) is 4.79 Å². The molecule has 5 nitrogen and oxygen atoms in total. The molecule has 2 aromatic carbocycles. The van der Waals surface area contributed by atoms with Crippen molar-refractivity contribution in [3.8, 4) is 5.75 Å². The van der Waals surface area contributed by atoms with E-state index < -0.39 is 0 Å². The molecule has 128 valence electrons. The van der Waals surface area contributed by atoms with Crippen LogP contribution in [0.2, 0.25) is 0 Å². The minimum absolute atomic E-state index is 0.0868. The fourth-order valence-corrected chi connectivity index (χ4v) is 3.37. The zero-order chi connectivity index (χ0) is 17.6. The van der Waals surface area contributed by atoms with E-state index in [1.807, 2.05) is 61.0 Å². The first-order valence-corrected chi connectivity index (χ1v) is 8.54. The summed E-state index contributed by atoms with van der Waals surface area (Å²) in [5, 5.41) is 2.97. The zero-order valence-corrected chi connectivity index (χ0v) is 14.6. The molecule has 4 rings (SSSR count). The lowest BCUT2D eigenvalue weighted by Gasteiger charge is -2.10. The van der Waals surface area contributed by atoms with Gasteiger partial charge in [0.2, 0.25) is 0 Å². The third kappa shape index (κ3) is 2.56. The number of amides is 1. The predicted octanol–water partition coefficient (Wildman–Crippen LogP) is 3.39. The molecule has 5 heteroatoms. The van der Waals surface area contributed by atoms with Crippen LogP contribution in [-0.4, -0.2) is 21.6 Å². The minimum atomic E-state index is -0.134. The molecule has 0 radical (unpaired) electrons. The summed E-state index contributed by atoms with van der Waals surface area (Å²) in [6.07, 6.45) is 0.0868. The van der Waals surface area contributed by atoms with Crippen molar-refractivity contribution in [1.82, 2.24) is 14.9 Å². The molecule has 0 saturated heterocycles. The average Bonchev–Trinajstić information content (AvgIpc) is 3.10. The van der Waals surface area contributed by atoms with Gasteiger partial charge in [-0.2, -0.15) is 0 Å². The normalized spacial score (nSPS) is 18.8. The van der Waals surface area contributed by atoms with E-state index in [2.05, 4.69) is 17.2 Å². The quantitative estimate of drug-likeness (QED) is 0.798. The Morgan fingerprint density at radius 3 is 2.80 bits per heavy atom. The van der Waals surface area contributed by atoms with Crippen molar-refractivity contribution in [2.75, 3.05) is 0 Å². The Bertz CT molecular complexity index is 961. The third-order valence-corrected chi connectivity index (χ3v) is 5.08. The summed E-state index contributed by atoms with van der Waals surface area (Å²) in [6.45, 7) is 4.53. The summed E-state index contributed by atoms with van der Waals surface area (Å²) in [5.41, 5.74) is 3.68. The van der Waals surface area contributed by atoms with Crippen LogP contribution in [-0.2, 0) is 13.6 Å². The van der Waals surface area contributed by atoms with E-state index in [1.165, 1.54) is 0 Å². The van der Waals surface area contributed by atoms with Gasteiger partial charge in [0.15, 0.2) is 0 Å². The van der Waals surface area contributed by atoms with Crippen LogP contribution < -0.4 is 10.1 Å². The monoisotopic (exact) mass is 335 g/mol. The summed E-state index contributed by atoms with van der Waals surface area (Å²) in [7, 11) is 1.96. The van der Waals surface area contributed by atoms with Crippen molar-refractivity contribution >= 4 is 16.9 Å². The van der Waals surface area contributed by atoms with Gasteiger partial charge in [-0.25, -0.2) is 4.98 Å². The smallest absolute Gasteiger partial charge is 0.255 e. The second-order valence-corrected chi connectivity index (χ2v) is 6.59. The molecule has 0 spiro atoms. The molecule has 2 unspecified atom stereocenters. The van der Waals surface area contributed by atoms with E-state index in [-0.39, 0.29) is 12.0 Å². The molecule has 1 aliphatic rings. The lowest BCUT2D eigenvalue weighted by molar-refractivity contribution is 0.0944. The molecule has 0 bridgehead atoms. The van der Waals surface area contributed by atoms with E-state index in [0.29, 0.717) is 23.8 Å². The molecule has 25 heavy (non-hydrogen) atoms. The highest BCUT2D eigenvalue weighted by molar-refractivity contribution is 5.97. The van der Waals surface area contributed by atoms with Crippen molar-refractivity contribution in [2.45, 2.75) is 32.4 Å². The van der Waals surface area contributed by atoms with Crippen molar-refractivity contribution < 1.29 is 9.53 Å². The largest absolute Gasteiger partial charge is 0.489 e.